The first-order valence-electron chi connectivity index (χ1n) is 4.86. The van der Waals surface area contributed by atoms with Gasteiger partial charge in [-0.2, -0.15) is 0 Å². The van der Waals surface area contributed by atoms with Crippen molar-refractivity contribution in [1.29, 1.82) is 0 Å². The third-order valence-electron chi connectivity index (χ3n) is 1.97. The maximum atomic E-state index is 5.60. The minimum atomic E-state index is 0.452. The van der Waals surface area contributed by atoms with Gasteiger partial charge < -0.3 is 15.6 Å². The normalized spacial score (nSPS) is 11.4. The Morgan fingerprint density at radius 2 is 2.60 bits per heavy atom. The van der Waals surface area contributed by atoms with Crippen LogP contribution in [0.2, 0.25) is 0 Å². The summed E-state index contributed by atoms with van der Waals surface area (Å²) in [4.78, 5) is 8.28. The molecular formula is C10H17N5. The van der Waals surface area contributed by atoms with E-state index in [0.717, 1.165) is 12.4 Å². The summed E-state index contributed by atoms with van der Waals surface area (Å²) >= 11 is 0. The summed E-state index contributed by atoms with van der Waals surface area (Å²) < 4.78 is 2.03. The van der Waals surface area contributed by atoms with Crippen LogP contribution in [-0.2, 0) is 6.54 Å². The average molecular weight is 207 g/mol. The van der Waals surface area contributed by atoms with Gasteiger partial charge in [-0.25, -0.2) is 4.98 Å². The molecule has 82 valence electrons. The van der Waals surface area contributed by atoms with Crippen molar-refractivity contribution in [3.63, 3.8) is 0 Å². The number of imidazole rings is 1. The van der Waals surface area contributed by atoms with Gasteiger partial charge in [-0.3, -0.25) is 4.99 Å². The highest BCUT2D eigenvalue weighted by Gasteiger charge is 1.95. The van der Waals surface area contributed by atoms with Crippen LogP contribution in [-0.4, -0.2) is 28.6 Å². The fourth-order valence-electron chi connectivity index (χ4n) is 1.15. The Hall–Kier alpha value is -1.78. The third-order valence-corrected chi connectivity index (χ3v) is 1.97. The Kier molecular flexibility index (Phi) is 4.40. The predicted molar refractivity (Wildman–Crippen MR) is 61.7 cm³/mol. The molecule has 0 saturated heterocycles. The molecule has 0 fully saturated rings. The molecule has 0 amide bonds. The summed E-state index contributed by atoms with van der Waals surface area (Å²) in [5.74, 6) is 1.44. The number of aryl methyl sites for hydroxylation is 1. The monoisotopic (exact) mass is 207 g/mol. The molecular weight excluding hydrogens is 190 g/mol. The van der Waals surface area contributed by atoms with E-state index in [1.165, 1.54) is 0 Å². The molecule has 15 heavy (non-hydrogen) atoms. The summed E-state index contributed by atoms with van der Waals surface area (Å²) in [5.41, 5.74) is 5.60. The number of nitrogens with zero attached hydrogens (tertiary/aromatic N) is 3. The van der Waals surface area contributed by atoms with Crippen molar-refractivity contribution in [3.8, 4) is 0 Å². The molecule has 1 aromatic heterocycles. The highest BCUT2D eigenvalue weighted by atomic mass is 15.1. The van der Waals surface area contributed by atoms with E-state index in [-0.39, 0.29) is 0 Å². The molecule has 0 spiro atoms. The zero-order valence-corrected chi connectivity index (χ0v) is 8.98. The van der Waals surface area contributed by atoms with E-state index in [0.29, 0.717) is 19.0 Å². The number of guanidine groups is 1. The minimum Gasteiger partial charge on any atom is -0.370 e. The molecule has 0 aliphatic carbocycles. The lowest BCUT2D eigenvalue weighted by atomic mass is 10.5. The van der Waals surface area contributed by atoms with Crippen molar-refractivity contribution in [2.45, 2.75) is 13.5 Å². The van der Waals surface area contributed by atoms with Gasteiger partial charge in [-0.1, -0.05) is 6.08 Å². The van der Waals surface area contributed by atoms with Gasteiger partial charge in [-0.15, -0.1) is 6.58 Å². The van der Waals surface area contributed by atoms with Crippen LogP contribution in [0.5, 0.6) is 0 Å². The molecule has 5 heteroatoms. The number of nitrogens with two attached hydrogens (primary N) is 1. The van der Waals surface area contributed by atoms with Crippen LogP contribution >= 0.6 is 0 Å². The highest BCUT2D eigenvalue weighted by Crippen LogP contribution is 1.94. The standard InChI is InChI=1S/C10H17N5/c1-3-4-13-10(11)14-6-8-15-7-5-12-9(15)2/h3,5,7H,1,4,6,8H2,2H3,(H3,11,13,14). The quantitative estimate of drug-likeness (QED) is 0.414. The third kappa shape index (κ3) is 3.84. The van der Waals surface area contributed by atoms with E-state index in [4.69, 9.17) is 5.73 Å². The second-order valence-corrected chi connectivity index (χ2v) is 3.10. The molecule has 0 aliphatic heterocycles. The Morgan fingerprint density at radius 1 is 1.80 bits per heavy atom. The van der Waals surface area contributed by atoms with Gasteiger partial charge in [0.15, 0.2) is 5.96 Å². The van der Waals surface area contributed by atoms with E-state index < -0.39 is 0 Å². The molecule has 0 unspecified atom stereocenters. The largest absolute Gasteiger partial charge is 0.370 e. The lowest BCUT2D eigenvalue weighted by Gasteiger charge is -2.04. The number of hydrogen-bond donors (Lipinski definition) is 2. The van der Waals surface area contributed by atoms with E-state index in [2.05, 4.69) is 21.9 Å². The molecule has 1 aromatic rings. The van der Waals surface area contributed by atoms with Crippen molar-refractivity contribution in [2.24, 2.45) is 10.7 Å². The van der Waals surface area contributed by atoms with Crippen LogP contribution in [0.15, 0.2) is 30.0 Å². The summed E-state index contributed by atoms with van der Waals surface area (Å²) in [6, 6.07) is 0. The average Bonchev–Trinajstić information content (AvgIpc) is 2.61. The van der Waals surface area contributed by atoms with Gasteiger partial charge in [0.1, 0.15) is 5.82 Å². The smallest absolute Gasteiger partial charge is 0.188 e. The number of aliphatic imine (C=N–C) groups is 1. The molecule has 0 saturated carbocycles. The summed E-state index contributed by atoms with van der Waals surface area (Å²) in [6.07, 6.45) is 5.44. The predicted octanol–water partition coefficient (Wildman–Crippen LogP) is 0.282. The molecule has 0 radical (unpaired) electrons. The van der Waals surface area contributed by atoms with E-state index in [1.807, 2.05) is 17.7 Å². The Morgan fingerprint density at radius 3 is 3.20 bits per heavy atom. The molecule has 0 aliphatic rings. The van der Waals surface area contributed by atoms with Crippen LogP contribution < -0.4 is 11.1 Å². The van der Waals surface area contributed by atoms with Crippen molar-refractivity contribution in [3.05, 3.63) is 30.9 Å². The summed E-state index contributed by atoms with van der Waals surface area (Å²) in [6.45, 7) is 7.62. The number of hydrogen-bond acceptors (Lipinski definition) is 2. The number of nitrogens with one attached hydrogen (secondary N) is 1. The fourth-order valence-corrected chi connectivity index (χ4v) is 1.15. The van der Waals surface area contributed by atoms with Crippen molar-refractivity contribution in [1.82, 2.24) is 14.9 Å². The SMILES string of the molecule is C=CCNC(N)=NCCn1ccnc1C. The molecule has 1 heterocycles. The first-order valence-corrected chi connectivity index (χ1v) is 4.86. The van der Waals surface area contributed by atoms with Gasteiger partial charge in [0.25, 0.3) is 0 Å². The molecule has 0 bridgehead atoms. The topological polar surface area (TPSA) is 68.2 Å². The first kappa shape index (κ1) is 11.3. The van der Waals surface area contributed by atoms with Crippen molar-refractivity contribution in [2.75, 3.05) is 13.1 Å². The second kappa shape index (κ2) is 5.85. The second-order valence-electron chi connectivity index (χ2n) is 3.10. The minimum absolute atomic E-state index is 0.452. The lowest BCUT2D eigenvalue weighted by Crippen LogP contribution is -2.32. The Balaban J connectivity index is 2.32. The van der Waals surface area contributed by atoms with Crippen molar-refractivity contribution < 1.29 is 0 Å². The molecule has 1 rings (SSSR count). The Bertz CT molecular complexity index is 339. The van der Waals surface area contributed by atoms with Gasteiger partial charge >= 0.3 is 0 Å². The van der Waals surface area contributed by atoms with Crippen LogP contribution in [0.3, 0.4) is 0 Å². The summed E-state index contributed by atoms with van der Waals surface area (Å²) in [7, 11) is 0. The maximum Gasteiger partial charge on any atom is 0.188 e. The molecule has 0 aromatic carbocycles. The van der Waals surface area contributed by atoms with Crippen LogP contribution in [0.1, 0.15) is 5.82 Å². The van der Waals surface area contributed by atoms with Crippen molar-refractivity contribution >= 4 is 5.96 Å². The van der Waals surface area contributed by atoms with Crippen LogP contribution in [0.4, 0.5) is 0 Å². The summed E-state index contributed by atoms with van der Waals surface area (Å²) in [5, 5.41) is 2.91. The number of aromatic nitrogens is 2. The highest BCUT2D eigenvalue weighted by molar-refractivity contribution is 5.77. The molecule has 3 N–H and O–H groups in total. The van der Waals surface area contributed by atoms with Gasteiger partial charge in [0.2, 0.25) is 0 Å². The van der Waals surface area contributed by atoms with Gasteiger partial charge in [0, 0.05) is 25.5 Å². The van der Waals surface area contributed by atoms with Crippen LogP contribution in [0, 0.1) is 6.92 Å². The Labute approximate surface area is 89.7 Å². The van der Waals surface area contributed by atoms with E-state index >= 15 is 0 Å². The number of rotatable bonds is 5. The maximum absolute atomic E-state index is 5.60. The zero-order valence-electron chi connectivity index (χ0n) is 8.98. The lowest BCUT2D eigenvalue weighted by molar-refractivity contribution is 0.683. The molecule has 5 nitrogen and oxygen atoms in total. The first-order chi connectivity index (χ1) is 7.24. The van der Waals surface area contributed by atoms with Gasteiger partial charge in [-0.05, 0) is 6.92 Å². The van der Waals surface area contributed by atoms with Crippen LogP contribution in [0.25, 0.3) is 0 Å². The van der Waals surface area contributed by atoms with Gasteiger partial charge in [0.05, 0.1) is 6.54 Å². The van der Waals surface area contributed by atoms with E-state index in [9.17, 15) is 0 Å². The zero-order chi connectivity index (χ0) is 11.1. The van der Waals surface area contributed by atoms with E-state index in [1.54, 1.807) is 12.3 Å². The molecule has 0 atom stereocenters. The fraction of sp³-hybridized carbons (Fsp3) is 0.400.